The molecule has 0 radical (unpaired) electrons. The van der Waals surface area contributed by atoms with Gasteiger partial charge in [-0.25, -0.2) is 4.79 Å². The van der Waals surface area contributed by atoms with E-state index >= 15 is 0 Å². The van der Waals surface area contributed by atoms with E-state index in [1.807, 2.05) is 6.92 Å². The Kier molecular flexibility index (Phi) is 3.64. The van der Waals surface area contributed by atoms with E-state index in [4.69, 9.17) is 20.0 Å². The van der Waals surface area contributed by atoms with Crippen molar-refractivity contribution in [3.05, 3.63) is 12.3 Å². The van der Waals surface area contributed by atoms with Crippen molar-refractivity contribution in [2.24, 2.45) is 0 Å². The molecule has 0 spiro atoms. The van der Waals surface area contributed by atoms with Crippen LogP contribution in [0, 0.1) is 5.41 Å². The normalized spacial score (nSPS) is 22.1. The summed E-state index contributed by atoms with van der Waals surface area (Å²) in [7, 11) is 0. The van der Waals surface area contributed by atoms with Crippen molar-refractivity contribution in [1.82, 2.24) is 0 Å². The lowest BCUT2D eigenvalue weighted by molar-refractivity contribution is -0.155. The van der Waals surface area contributed by atoms with Gasteiger partial charge in [0.15, 0.2) is 12.2 Å². The van der Waals surface area contributed by atoms with Crippen LogP contribution >= 0.6 is 0 Å². The lowest BCUT2D eigenvalue weighted by atomic mass is 10.1. The largest absolute Gasteiger partial charge is 0.488 e. The zero-order valence-corrected chi connectivity index (χ0v) is 7.90. The molecule has 14 heavy (non-hydrogen) atoms. The molecule has 0 aromatic rings. The summed E-state index contributed by atoms with van der Waals surface area (Å²) in [5, 5.41) is 16.3. The van der Waals surface area contributed by atoms with Gasteiger partial charge in [-0.1, -0.05) is 6.92 Å². The van der Waals surface area contributed by atoms with E-state index in [9.17, 15) is 4.79 Å². The number of rotatable bonds is 5. The van der Waals surface area contributed by atoms with Crippen molar-refractivity contribution in [2.75, 3.05) is 6.61 Å². The van der Waals surface area contributed by atoms with Crippen LogP contribution in [0.25, 0.3) is 0 Å². The highest BCUT2D eigenvalue weighted by Gasteiger charge is 2.34. The van der Waals surface area contributed by atoms with E-state index in [-0.39, 0.29) is 5.71 Å². The van der Waals surface area contributed by atoms with E-state index in [0.29, 0.717) is 6.61 Å². The maximum atomic E-state index is 10.8. The molecular formula is C9H13NO4. The summed E-state index contributed by atoms with van der Waals surface area (Å²) in [6.07, 6.45) is 1.59. The fourth-order valence-corrected chi connectivity index (χ4v) is 1.13. The molecule has 0 bridgehead atoms. The van der Waals surface area contributed by atoms with Crippen molar-refractivity contribution in [3.63, 3.8) is 0 Å². The van der Waals surface area contributed by atoms with Gasteiger partial charge in [-0.2, -0.15) is 0 Å². The van der Waals surface area contributed by atoms with Crippen LogP contribution in [0.2, 0.25) is 0 Å². The monoisotopic (exact) mass is 199 g/mol. The summed E-state index contributed by atoms with van der Waals surface area (Å²) in [4.78, 5) is 10.8. The third-order valence-corrected chi connectivity index (χ3v) is 1.80. The zero-order valence-electron chi connectivity index (χ0n) is 7.90. The Bertz CT molecular complexity index is 262. The summed E-state index contributed by atoms with van der Waals surface area (Å²) in [6.45, 7) is 2.24. The first-order chi connectivity index (χ1) is 6.66. The Morgan fingerprint density at radius 3 is 3.00 bits per heavy atom. The van der Waals surface area contributed by atoms with Crippen LogP contribution in [0.4, 0.5) is 0 Å². The van der Waals surface area contributed by atoms with Gasteiger partial charge < -0.3 is 20.0 Å². The van der Waals surface area contributed by atoms with Crippen LogP contribution < -0.4 is 0 Å². The van der Waals surface area contributed by atoms with Gasteiger partial charge in [0, 0.05) is 6.61 Å². The van der Waals surface area contributed by atoms with E-state index < -0.39 is 18.2 Å². The topological polar surface area (TPSA) is 79.6 Å². The first-order valence-electron chi connectivity index (χ1n) is 4.41. The van der Waals surface area contributed by atoms with Gasteiger partial charge in [-0.05, 0) is 12.5 Å². The maximum absolute atomic E-state index is 10.8. The molecule has 5 heteroatoms. The second-order valence-corrected chi connectivity index (χ2v) is 2.94. The van der Waals surface area contributed by atoms with Crippen LogP contribution in [0.15, 0.2) is 12.3 Å². The molecule has 2 N–H and O–H groups in total. The minimum absolute atomic E-state index is 0.133. The molecule has 1 heterocycles. The first-order valence-corrected chi connectivity index (χ1v) is 4.41. The molecule has 1 aliphatic rings. The Morgan fingerprint density at radius 2 is 2.57 bits per heavy atom. The summed E-state index contributed by atoms with van der Waals surface area (Å²) in [5.74, 6) is -1.10. The predicted molar refractivity (Wildman–Crippen MR) is 49.4 cm³/mol. The molecule has 2 unspecified atom stereocenters. The lowest BCUT2D eigenvalue weighted by Crippen LogP contribution is -2.40. The number of nitrogens with one attached hydrogen (secondary N) is 1. The van der Waals surface area contributed by atoms with Crippen molar-refractivity contribution >= 4 is 11.7 Å². The van der Waals surface area contributed by atoms with Crippen molar-refractivity contribution in [1.29, 1.82) is 5.41 Å². The summed E-state index contributed by atoms with van der Waals surface area (Å²) >= 11 is 0. The van der Waals surface area contributed by atoms with Crippen LogP contribution in [0.1, 0.15) is 13.3 Å². The molecule has 1 rings (SSSR count). The van der Waals surface area contributed by atoms with E-state index in [2.05, 4.69) is 0 Å². The standard InChI is InChI=1S/C9H13NO4/c1-2-4-13-8(9(11)12)7-6(10)3-5-14-7/h3,5,7-8,10H,2,4H2,1H3,(H,11,12). The number of carboxylic acids is 1. The van der Waals surface area contributed by atoms with Crippen LogP contribution in [-0.2, 0) is 14.3 Å². The summed E-state index contributed by atoms with van der Waals surface area (Å²) in [5.41, 5.74) is 0.133. The molecule has 0 amide bonds. The molecule has 1 aliphatic heterocycles. The van der Waals surface area contributed by atoms with Gasteiger partial charge in [0.1, 0.15) is 0 Å². The minimum Gasteiger partial charge on any atom is -0.488 e. The molecule has 0 aromatic heterocycles. The quantitative estimate of drug-likeness (QED) is 0.686. The van der Waals surface area contributed by atoms with E-state index in [1.165, 1.54) is 12.3 Å². The molecule has 2 atom stereocenters. The Morgan fingerprint density at radius 1 is 1.86 bits per heavy atom. The third-order valence-electron chi connectivity index (χ3n) is 1.80. The van der Waals surface area contributed by atoms with E-state index in [1.54, 1.807) is 0 Å². The first kappa shape index (κ1) is 10.7. The molecule has 0 saturated carbocycles. The smallest absolute Gasteiger partial charge is 0.337 e. The molecule has 0 saturated heterocycles. The fraction of sp³-hybridized carbons (Fsp3) is 0.556. The third kappa shape index (κ3) is 2.32. The minimum atomic E-state index is -1.10. The van der Waals surface area contributed by atoms with Gasteiger partial charge in [-0.15, -0.1) is 0 Å². The number of hydrogen-bond acceptors (Lipinski definition) is 4. The Hall–Kier alpha value is -1.36. The molecule has 0 aromatic carbocycles. The summed E-state index contributed by atoms with van der Waals surface area (Å²) in [6, 6.07) is 0. The molecule has 0 aliphatic carbocycles. The molecule has 5 nitrogen and oxygen atoms in total. The van der Waals surface area contributed by atoms with Crippen molar-refractivity contribution in [2.45, 2.75) is 25.6 Å². The predicted octanol–water partition coefficient (Wildman–Crippen LogP) is 0.798. The Labute approximate surface area is 81.8 Å². The second kappa shape index (κ2) is 4.76. The fourth-order valence-electron chi connectivity index (χ4n) is 1.13. The highest BCUT2D eigenvalue weighted by Crippen LogP contribution is 2.13. The average molecular weight is 199 g/mol. The molecule has 78 valence electrons. The van der Waals surface area contributed by atoms with Crippen molar-refractivity contribution < 1.29 is 19.4 Å². The Balaban J connectivity index is 2.58. The number of carbonyl (C=O) groups is 1. The number of ether oxygens (including phenoxy) is 2. The van der Waals surface area contributed by atoms with Gasteiger partial charge in [0.2, 0.25) is 0 Å². The van der Waals surface area contributed by atoms with Crippen LogP contribution in [-0.4, -0.2) is 35.6 Å². The zero-order chi connectivity index (χ0) is 10.6. The number of carboxylic acid groups (broad SMARTS) is 1. The van der Waals surface area contributed by atoms with Crippen LogP contribution in [0.5, 0.6) is 0 Å². The second-order valence-electron chi connectivity index (χ2n) is 2.94. The highest BCUT2D eigenvalue weighted by atomic mass is 16.6. The van der Waals surface area contributed by atoms with Gasteiger partial charge in [0.25, 0.3) is 0 Å². The van der Waals surface area contributed by atoms with E-state index in [0.717, 1.165) is 6.42 Å². The van der Waals surface area contributed by atoms with Crippen LogP contribution in [0.3, 0.4) is 0 Å². The van der Waals surface area contributed by atoms with Gasteiger partial charge in [0.05, 0.1) is 12.0 Å². The van der Waals surface area contributed by atoms with Gasteiger partial charge >= 0.3 is 5.97 Å². The maximum Gasteiger partial charge on any atom is 0.337 e. The summed E-state index contributed by atoms with van der Waals surface area (Å²) < 4.78 is 10.1. The molecular weight excluding hydrogens is 186 g/mol. The molecule has 0 fully saturated rings. The number of hydrogen-bond donors (Lipinski definition) is 2. The lowest BCUT2D eigenvalue weighted by Gasteiger charge is -2.19. The highest BCUT2D eigenvalue weighted by molar-refractivity contribution is 6.00. The SMILES string of the molecule is CCCOC(C(=O)O)C1OC=CC1=N. The van der Waals surface area contributed by atoms with Crippen molar-refractivity contribution in [3.8, 4) is 0 Å². The number of aliphatic carboxylic acids is 1. The van der Waals surface area contributed by atoms with Gasteiger partial charge in [-0.3, -0.25) is 0 Å². The average Bonchev–Trinajstić information content (AvgIpc) is 2.52.